The monoisotopic (exact) mass is 324 g/mol. The van der Waals surface area contributed by atoms with Crippen LogP contribution in [0.15, 0.2) is 30.3 Å². The Morgan fingerprint density at radius 1 is 1.27 bits per heavy atom. The number of esters is 1. The van der Waals surface area contributed by atoms with Gasteiger partial charge in [-0.05, 0) is 37.5 Å². The van der Waals surface area contributed by atoms with Crippen LogP contribution in [0.4, 0.5) is 4.79 Å². The summed E-state index contributed by atoms with van der Waals surface area (Å²) >= 11 is 6.06. The Morgan fingerprint density at radius 2 is 2.00 bits per heavy atom. The number of halogens is 1. The van der Waals surface area contributed by atoms with Gasteiger partial charge in [0.1, 0.15) is 0 Å². The molecular weight excluding hydrogens is 304 g/mol. The number of nitrogens with one attached hydrogen (secondary N) is 2. The number of carbonyl (C=O) groups excluding carboxylic acids is 2. The largest absolute Gasteiger partial charge is 0.462 e. The summed E-state index contributed by atoms with van der Waals surface area (Å²) in [6.45, 7) is 4.92. The molecule has 120 valence electrons. The Balaban J connectivity index is 2.33. The van der Waals surface area contributed by atoms with Crippen LogP contribution in [0.2, 0.25) is 5.02 Å². The van der Waals surface area contributed by atoms with Gasteiger partial charge in [0.25, 0.3) is 0 Å². The summed E-state index contributed by atoms with van der Waals surface area (Å²) in [6, 6.07) is 7.09. The second-order valence-corrected chi connectivity index (χ2v) is 5.02. The molecule has 0 fully saturated rings. The van der Waals surface area contributed by atoms with Gasteiger partial charge in [0.05, 0.1) is 6.61 Å². The van der Waals surface area contributed by atoms with Crippen LogP contribution in [0, 0.1) is 0 Å². The normalized spacial score (nSPS) is 11.0. The number of rotatable bonds is 7. The molecule has 0 aromatic heterocycles. The van der Waals surface area contributed by atoms with Gasteiger partial charge in [0.2, 0.25) is 0 Å². The molecule has 2 N–H and O–H groups in total. The maximum Gasteiger partial charge on any atom is 0.331 e. The van der Waals surface area contributed by atoms with Gasteiger partial charge in [0, 0.05) is 24.2 Å². The Kier molecular flexibility index (Phi) is 8.07. The summed E-state index contributed by atoms with van der Waals surface area (Å²) in [7, 11) is 0. The maximum absolute atomic E-state index is 11.7. The van der Waals surface area contributed by atoms with Crippen LogP contribution in [0.5, 0.6) is 0 Å². The van der Waals surface area contributed by atoms with Gasteiger partial charge in [-0.25, -0.2) is 9.59 Å². The number of hydrogen-bond acceptors (Lipinski definition) is 3. The van der Waals surface area contributed by atoms with Gasteiger partial charge < -0.3 is 15.4 Å². The summed E-state index contributed by atoms with van der Waals surface area (Å²) < 4.78 is 5.09. The molecule has 2 amide bonds. The van der Waals surface area contributed by atoms with Gasteiger partial charge in [-0.1, -0.05) is 29.8 Å². The first kappa shape index (κ1) is 18.0. The number of hydrogen-bond donors (Lipinski definition) is 2. The first-order valence-electron chi connectivity index (χ1n) is 7.16. The van der Waals surface area contributed by atoms with E-state index in [1.54, 1.807) is 13.0 Å². The smallest absolute Gasteiger partial charge is 0.331 e. The van der Waals surface area contributed by atoms with E-state index < -0.39 is 5.97 Å². The molecule has 1 aromatic rings. The predicted octanol–water partition coefficient (Wildman–Crippen LogP) is 3.00. The number of urea groups is 1. The van der Waals surface area contributed by atoms with E-state index in [0.717, 1.165) is 11.1 Å². The number of ether oxygens (including phenoxy) is 1. The minimum Gasteiger partial charge on any atom is -0.462 e. The maximum atomic E-state index is 11.7. The zero-order valence-electron chi connectivity index (χ0n) is 12.8. The molecule has 0 unspecified atom stereocenters. The number of carbonyl (C=O) groups is 2. The molecule has 0 saturated carbocycles. The molecule has 5 nitrogen and oxygen atoms in total. The van der Waals surface area contributed by atoms with E-state index in [1.807, 2.05) is 25.1 Å². The van der Waals surface area contributed by atoms with Crippen LogP contribution in [0.1, 0.15) is 25.8 Å². The molecule has 0 aliphatic heterocycles. The van der Waals surface area contributed by atoms with E-state index in [-0.39, 0.29) is 12.6 Å². The van der Waals surface area contributed by atoms with Gasteiger partial charge >= 0.3 is 12.0 Å². The zero-order valence-corrected chi connectivity index (χ0v) is 13.6. The number of benzene rings is 1. The molecule has 1 aromatic carbocycles. The second-order valence-electron chi connectivity index (χ2n) is 4.61. The van der Waals surface area contributed by atoms with Gasteiger partial charge in [-0.15, -0.1) is 0 Å². The zero-order chi connectivity index (χ0) is 16.4. The highest BCUT2D eigenvalue weighted by Crippen LogP contribution is 2.22. The first-order valence-corrected chi connectivity index (χ1v) is 7.54. The molecular formula is C16H21ClN2O3. The van der Waals surface area contributed by atoms with Gasteiger partial charge in [0.15, 0.2) is 0 Å². The third-order valence-corrected chi connectivity index (χ3v) is 3.15. The molecule has 0 saturated heterocycles. The van der Waals surface area contributed by atoms with Gasteiger partial charge in [-0.3, -0.25) is 0 Å². The van der Waals surface area contributed by atoms with Crippen LogP contribution in [0.3, 0.4) is 0 Å². The minimum absolute atomic E-state index is 0.219. The second kappa shape index (κ2) is 9.84. The van der Waals surface area contributed by atoms with Crippen LogP contribution in [0.25, 0.3) is 5.57 Å². The van der Waals surface area contributed by atoms with Crippen molar-refractivity contribution in [3.8, 4) is 0 Å². The fourth-order valence-electron chi connectivity index (χ4n) is 1.75. The average molecular weight is 325 g/mol. The summed E-state index contributed by atoms with van der Waals surface area (Å²) in [6.07, 6.45) is 1.97. The molecule has 0 bridgehead atoms. The van der Waals surface area contributed by atoms with E-state index in [1.165, 1.54) is 6.08 Å². The number of allylic oxidation sites excluding steroid dienone is 1. The SMILES string of the molecule is CCNC(=O)NCCCOC(=O)C=C(C)c1ccccc1Cl. The quantitative estimate of drug-likeness (QED) is 0.460. The molecule has 1 rings (SSSR count). The van der Waals surface area contributed by atoms with Crippen molar-refractivity contribution >= 4 is 29.2 Å². The van der Waals surface area contributed by atoms with Crippen molar-refractivity contribution < 1.29 is 14.3 Å². The molecule has 0 radical (unpaired) electrons. The molecule has 0 heterocycles. The van der Waals surface area contributed by atoms with Crippen LogP contribution in [-0.4, -0.2) is 31.7 Å². The van der Waals surface area contributed by atoms with Crippen molar-refractivity contribution in [2.45, 2.75) is 20.3 Å². The van der Waals surface area contributed by atoms with Crippen molar-refractivity contribution in [2.24, 2.45) is 0 Å². The average Bonchev–Trinajstić information content (AvgIpc) is 2.47. The lowest BCUT2D eigenvalue weighted by Crippen LogP contribution is -2.36. The van der Waals surface area contributed by atoms with E-state index >= 15 is 0 Å². The van der Waals surface area contributed by atoms with Crippen molar-refractivity contribution in [1.29, 1.82) is 0 Å². The summed E-state index contributed by atoms with van der Waals surface area (Å²) in [5.74, 6) is -0.421. The molecule has 6 heteroatoms. The predicted molar refractivity (Wildman–Crippen MR) is 87.8 cm³/mol. The van der Waals surface area contributed by atoms with Crippen molar-refractivity contribution in [2.75, 3.05) is 19.7 Å². The lowest BCUT2D eigenvalue weighted by molar-refractivity contribution is -0.137. The van der Waals surface area contributed by atoms with E-state index in [9.17, 15) is 9.59 Å². The lowest BCUT2D eigenvalue weighted by Gasteiger charge is -2.07. The topological polar surface area (TPSA) is 67.4 Å². The molecule has 0 aliphatic rings. The summed E-state index contributed by atoms with van der Waals surface area (Å²) in [5.41, 5.74) is 1.55. The van der Waals surface area contributed by atoms with E-state index in [0.29, 0.717) is 24.5 Å². The first-order chi connectivity index (χ1) is 10.5. The Hall–Kier alpha value is -2.01. The van der Waals surface area contributed by atoms with E-state index in [2.05, 4.69) is 10.6 Å². The van der Waals surface area contributed by atoms with Crippen LogP contribution >= 0.6 is 11.6 Å². The Bertz CT molecular complexity index is 544. The molecule has 0 aliphatic carbocycles. The highest BCUT2D eigenvalue weighted by molar-refractivity contribution is 6.32. The van der Waals surface area contributed by atoms with Crippen molar-refractivity contribution in [3.63, 3.8) is 0 Å². The molecule has 0 spiro atoms. The van der Waals surface area contributed by atoms with Crippen LogP contribution in [-0.2, 0) is 9.53 Å². The summed E-state index contributed by atoms with van der Waals surface area (Å²) in [4.78, 5) is 22.8. The highest BCUT2D eigenvalue weighted by atomic mass is 35.5. The molecule has 0 atom stereocenters. The van der Waals surface area contributed by atoms with Crippen molar-refractivity contribution in [3.05, 3.63) is 40.9 Å². The third-order valence-electron chi connectivity index (χ3n) is 2.82. The standard InChI is InChI=1S/C16H21ClN2O3/c1-3-18-16(21)19-9-6-10-22-15(20)11-12(2)13-7-4-5-8-14(13)17/h4-5,7-8,11H,3,6,9-10H2,1-2H3,(H2,18,19,21). The van der Waals surface area contributed by atoms with Crippen molar-refractivity contribution in [1.82, 2.24) is 10.6 Å². The Morgan fingerprint density at radius 3 is 2.68 bits per heavy atom. The third kappa shape index (κ3) is 6.63. The minimum atomic E-state index is -0.421. The lowest BCUT2D eigenvalue weighted by atomic mass is 10.1. The van der Waals surface area contributed by atoms with Gasteiger partial charge in [-0.2, -0.15) is 0 Å². The molecule has 22 heavy (non-hydrogen) atoms. The Labute approximate surface area is 135 Å². The van der Waals surface area contributed by atoms with Crippen LogP contribution < -0.4 is 10.6 Å². The van der Waals surface area contributed by atoms with E-state index in [4.69, 9.17) is 16.3 Å². The fraction of sp³-hybridized carbons (Fsp3) is 0.375. The highest BCUT2D eigenvalue weighted by Gasteiger charge is 2.05. The number of amides is 2. The summed E-state index contributed by atoms with van der Waals surface area (Å²) in [5, 5.41) is 5.86. The fourth-order valence-corrected chi connectivity index (χ4v) is 2.03.